The predicted molar refractivity (Wildman–Crippen MR) is 92.9 cm³/mol. The third kappa shape index (κ3) is 3.87. The van der Waals surface area contributed by atoms with Gasteiger partial charge in [0, 0.05) is 0 Å². The van der Waals surface area contributed by atoms with Gasteiger partial charge in [0.15, 0.2) is 21.3 Å². The molecule has 1 N–H and O–H groups in total. The Morgan fingerprint density at radius 1 is 1.19 bits per heavy atom. The van der Waals surface area contributed by atoms with Gasteiger partial charge in [0.05, 0.1) is 29.4 Å². The summed E-state index contributed by atoms with van der Waals surface area (Å²) in [5.41, 5.74) is 0.344. The van der Waals surface area contributed by atoms with Crippen molar-refractivity contribution < 1.29 is 31.5 Å². The van der Waals surface area contributed by atoms with Crippen molar-refractivity contribution >= 4 is 15.7 Å². The highest BCUT2D eigenvalue weighted by Gasteiger charge is 2.31. The average molecular weight is 397 g/mol. The zero-order chi connectivity index (χ0) is 19.6. The van der Waals surface area contributed by atoms with Crippen LogP contribution < -0.4 is 14.8 Å². The number of methoxy groups -OCH3 is 1. The summed E-state index contributed by atoms with van der Waals surface area (Å²) in [6.07, 6.45) is 0.181. The van der Waals surface area contributed by atoms with E-state index in [9.17, 15) is 22.0 Å². The number of para-hydroxylation sites is 1. The summed E-state index contributed by atoms with van der Waals surface area (Å²) < 4.78 is 59.3. The molecule has 1 amide bonds. The minimum Gasteiger partial charge on any atom is -0.493 e. The number of sulfone groups is 1. The topological polar surface area (TPSA) is 81.7 Å². The summed E-state index contributed by atoms with van der Waals surface area (Å²) in [5, 5.41) is 2.71. The Hall–Kier alpha value is -2.68. The van der Waals surface area contributed by atoms with Gasteiger partial charge in [0.1, 0.15) is 0 Å². The molecular formula is C18H17F2NO5S. The third-order valence-corrected chi connectivity index (χ3v) is 6.08. The number of carbonyl (C=O) groups is 1. The average Bonchev–Trinajstić information content (AvgIpc) is 2.64. The molecule has 1 aliphatic heterocycles. The van der Waals surface area contributed by atoms with E-state index >= 15 is 0 Å². The number of rotatable bonds is 5. The molecule has 0 spiro atoms. The fraction of sp³-hybridized carbons (Fsp3) is 0.278. The van der Waals surface area contributed by atoms with Crippen molar-refractivity contribution in [3.05, 3.63) is 53.6 Å². The van der Waals surface area contributed by atoms with E-state index < -0.39 is 28.4 Å². The molecule has 1 atom stereocenters. The van der Waals surface area contributed by atoms with E-state index in [1.165, 1.54) is 31.4 Å². The Morgan fingerprint density at radius 2 is 1.93 bits per heavy atom. The molecule has 3 rings (SSSR count). The van der Waals surface area contributed by atoms with Crippen LogP contribution in [0.4, 0.5) is 8.78 Å². The Labute approximate surface area is 155 Å². The molecular weight excluding hydrogens is 380 g/mol. The highest BCUT2D eigenvalue weighted by Crippen LogP contribution is 2.35. The lowest BCUT2D eigenvalue weighted by Gasteiger charge is -2.26. The van der Waals surface area contributed by atoms with Gasteiger partial charge in [-0.2, -0.15) is 8.78 Å². The van der Waals surface area contributed by atoms with Crippen molar-refractivity contribution in [1.29, 1.82) is 0 Å². The van der Waals surface area contributed by atoms with Gasteiger partial charge >= 0.3 is 6.61 Å². The molecule has 1 aliphatic rings. The third-order valence-electron chi connectivity index (χ3n) is 4.26. The van der Waals surface area contributed by atoms with Gasteiger partial charge in [-0.15, -0.1) is 0 Å². The zero-order valence-electron chi connectivity index (χ0n) is 14.3. The highest BCUT2D eigenvalue weighted by molar-refractivity contribution is 7.91. The summed E-state index contributed by atoms with van der Waals surface area (Å²) in [4.78, 5) is 12.9. The number of benzene rings is 2. The fourth-order valence-corrected chi connectivity index (χ4v) is 4.66. The molecule has 1 heterocycles. The van der Waals surface area contributed by atoms with Crippen LogP contribution in [0.25, 0.3) is 0 Å². The van der Waals surface area contributed by atoms with Crippen LogP contribution in [0.3, 0.4) is 0 Å². The fourth-order valence-electron chi connectivity index (χ4n) is 3.04. The number of amides is 1. The lowest BCUT2D eigenvalue weighted by molar-refractivity contribution is -0.0515. The Kier molecular flexibility index (Phi) is 5.31. The van der Waals surface area contributed by atoms with Gasteiger partial charge in [-0.05, 0) is 30.2 Å². The first-order valence-electron chi connectivity index (χ1n) is 8.08. The molecule has 1 unspecified atom stereocenters. The summed E-state index contributed by atoms with van der Waals surface area (Å²) >= 11 is 0. The smallest absolute Gasteiger partial charge is 0.387 e. The van der Waals surface area contributed by atoms with E-state index in [1.54, 1.807) is 18.2 Å². The molecule has 0 bridgehead atoms. The second-order valence-electron chi connectivity index (χ2n) is 5.89. The Bertz CT molecular complexity index is 962. The first kappa shape index (κ1) is 19.1. The van der Waals surface area contributed by atoms with Crippen LogP contribution >= 0.6 is 0 Å². The molecule has 0 radical (unpaired) electrons. The SMILES string of the molecule is COc1cccc(C(=O)NC2CCS(=O)(=O)c3ccccc32)c1OC(F)F. The zero-order valence-corrected chi connectivity index (χ0v) is 15.1. The Balaban J connectivity index is 1.93. The van der Waals surface area contributed by atoms with Gasteiger partial charge in [0.2, 0.25) is 0 Å². The van der Waals surface area contributed by atoms with Gasteiger partial charge in [-0.3, -0.25) is 4.79 Å². The molecule has 2 aromatic rings. The number of ether oxygens (including phenoxy) is 2. The van der Waals surface area contributed by atoms with Crippen LogP contribution in [-0.4, -0.2) is 33.8 Å². The van der Waals surface area contributed by atoms with Crippen LogP contribution in [0.1, 0.15) is 28.4 Å². The van der Waals surface area contributed by atoms with Crippen LogP contribution in [0.2, 0.25) is 0 Å². The van der Waals surface area contributed by atoms with Crippen molar-refractivity contribution in [3.8, 4) is 11.5 Å². The number of halogens is 2. The maximum atomic E-state index is 12.7. The van der Waals surface area contributed by atoms with Crippen LogP contribution in [-0.2, 0) is 9.84 Å². The molecule has 0 aromatic heterocycles. The molecule has 144 valence electrons. The van der Waals surface area contributed by atoms with Crippen molar-refractivity contribution in [2.75, 3.05) is 12.9 Å². The molecule has 9 heteroatoms. The quantitative estimate of drug-likeness (QED) is 0.839. The minimum absolute atomic E-state index is 0.00503. The first-order chi connectivity index (χ1) is 12.8. The van der Waals surface area contributed by atoms with Gasteiger partial charge in [-0.25, -0.2) is 8.42 Å². The van der Waals surface area contributed by atoms with E-state index in [0.717, 1.165) is 0 Å². The van der Waals surface area contributed by atoms with E-state index in [-0.39, 0.29) is 34.1 Å². The van der Waals surface area contributed by atoms with E-state index in [4.69, 9.17) is 4.74 Å². The lowest BCUT2D eigenvalue weighted by Crippen LogP contribution is -2.34. The molecule has 2 aromatic carbocycles. The van der Waals surface area contributed by atoms with Crippen molar-refractivity contribution in [1.82, 2.24) is 5.32 Å². The van der Waals surface area contributed by atoms with E-state index in [1.807, 2.05) is 0 Å². The first-order valence-corrected chi connectivity index (χ1v) is 9.73. The van der Waals surface area contributed by atoms with Crippen molar-refractivity contribution in [2.24, 2.45) is 0 Å². The van der Waals surface area contributed by atoms with Crippen LogP contribution in [0, 0.1) is 0 Å². The minimum atomic E-state index is -3.41. The molecule has 0 fully saturated rings. The summed E-state index contributed by atoms with van der Waals surface area (Å²) in [6, 6.07) is 10.0. The maximum Gasteiger partial charge on any atom is 0.387 e. The normalized spacial score (nSPS) is 17.9. The monoisotopic (exact) mass is 397 g/mol. The Morgan fingerprint density at radius 3 is 2.63 bits per heavy atom. The second-order valence-corrected chi connectivity index (χ2v) is 7.96. The number of carbonyl (C=O) groups excluding carboxylic acids is 1. The maximum absolute atomic E-state index is 12.7. The van der Waals surface area contributed by atoms with Crippen molar-refractivity contribution in [3.63, 3.8) is 0 Å². The van der Waals surface area contributed by atoms with Gasteiger partial charge in [0.25, 0.3) is 5.91 Å². The predicted octanol–water partition coefficient (Wildman–Crippen LogP) is 2.95. The lowest BCUT2D eigenvalue weighted by atomic mass is 10.0. The summed E-state index contributed by atoms with van der Waals surface area (Å²) in [6.45, 7) is -3.13. The van der Waals surface area contributed by atoms with E-state index in [2.05, 4.69) is 10.1 Å². The van der Waals surface area contributed by atoms with Crippen LogP contribution in [0.5, 0.6) is 11.5 Å². The molecule has 0 saturated heterocycles. The largest absolute Gasteiger partial charge is 0.493 e. The molecule has 0 aliphatic carbocycles. The van der Waals surface area contributed by atoms with Gasteiger partial charge < -0.3 is 14.8 Å². The van der Waals surface area contributed by atoms with Crippen molar-refractivity contribution in [2.45, 2.75) is 24.0 Å². The molecule has 6 nitrogen and oxygen atoms in total. The van der Waals surface area contributed by atoms with E-state index in [0.29, 0.717) is 5.56 Å². The summed E-state index contributed by atoms with van der Waals surface area (Å²) in [5.74, 6) is -1.16. The molecule has 0 saturated carbocycles. The summed E-state index contributed by atoms with van der Waals surface area (Å²) in [7, 11) is -2.13. The number of alkyl halides is 2. The van der Waals surface area contributed by atoms with Crippen LogP contribution in [0.15, 0.2) is 47.4 Å². The second kappa shape index (κ2) is 7.51. The molecule has 27 heavy (non-hydrogen) atoms. The highest BCUT2D eigenvalue weighted by atomic mass is 32.2. The number of nitrogens with one attached hydrogen (secondary N) is 1. The number of fused-ring (bicyclic) bond motifs is 1. The van der Waals surface area contributed by atoms with Gasteiger partial charge in [-0.1, -0.05) is 24.3 Å². The number of hydrogen-bond donors (Lipinski definition) is 1. The number of hydrogen-bond acceptors (Lipinski definition) is 5. The standard InChI is InChI=1S/C18H17F2NO5S/c1-25-14-7-4-6-12(16(14)26-18(19)20)17(22)21-13-9-10-27(23,24)15-8-3-2-5-11(13)15/h2-8,13,18H,9-10H2,1H3,(H,21,22).